The van der Waals surface area contributed by atoms with E-state index in [2.05, 4.69) is 28.6 Å². The lowest BCUT2D eigenvalue weighted by Gasteiger charge is -2.37. The van der Waals surface area contributed by atoms with E-state index in [1.165, 1.54) is 23.3 Å². The number of benzene rings is 1. The highest BCUT2D eigenvalue weighted by atomic mass is 16.6. The Bertz CT molecular complexity index is 1530. The van der Waals surface area contributed by atoms with Crippen LogP contribution in [0.2, 0.25) is 0 Å². The molecule has 3 aromatic heterocycles. The molecule has 41 heavy (non-hydrogen) atoms. The summed E-state index contributed by atoms with van der Waals surface area (Å²) in [6.45, 7) is 8.28. The highest BCUT2D eigenvalue weighted by Crippen LogP contribution is 2.32. The molecule has 0 spiro atoms. The Hall–Kier alpha value is -4.29. The minimum Gasteiger partial charge on any atom is -0.496 e. The normalized spacial score (nSPS) is 19.4. The van der Waals surface area contributed by atoms with Crippen molar-refractivity contribution >= 4 is 28.9 Å². The van der Waals surface area contributed by atoms with Crippen LogP contribution in [0.1, 0.15) is 19.4 Å². The van der Waals surface area contributed by atoms with E-state index in [-0.39, 0.29) is 18.7 Å². The van der Waals surface area contributed by atoms with E-state index in [4.69, 9.17) is 33.9 Å². The molecule has 0 unspecified atom stereocenters. The first kappa shape index (κ1) is 26.9. The minimum atomic E-state index is -0.523. The third kappa shape index (κ3) is 5.52. The monoisotopic (exact) mass is 559 g/mol. The van der Waals surface area contributed by atoms with Crippen molar-refractivity contribution in [1.82, 2.24) is 24.5 Å². The average Bonchev–Trinajstić information content (AvgIpc) is 3.55. The summed E-state index contributed by atoms with van der Waals surface area (Å²) in [7, 11) is 1.59. The molecular weight excluding hydrogens is 526 g/mol. The Kier molecular flexibility index (Phi) is 7.66. The van der Waals surface area contributed by atoms with E-state index in [1.54, 1.807) is 7.11 Å². The van der Waals surface area contributed by atoms with Gasteiger partial charge in [0.1, 0.15) is 24.5 Å². The number of nitrogens with zero attached hydrogens (tertiary/aromatic N) is 7. The van der Waals surface area contributed by atoms with E-state index in [9.17, 15) is 4.79 Å². The van der Waals surface area contributed by atoms with Crippen molar-refractivity contribution in [2.24, 2.45) is 0 Å². The number of anilines is 2. The van der Waals surface area contributed by atoms with Crippen molar-refractivity contribution in [3.8, 4) is 17.0 Å². The van der Waals surface area contributed by atoms with Crippen LogP contribution >= 0.6 is 0 Å². The van der Waals surface area contributed by atoms with Gasteiger partial charge in [-0.2, -0.15) is 9.97 Å². The molecule has 2 saturated heterocycles. The van der Waals surface area contributed by atoms with Crippen LogP contribution in [0.5, 0.6) is 5.75 Å². The van der Waals surface area contributed by atoms with Crippen molar-refractivity contribution in [3.63, 3.8) is 0 Å². The molecule has 4 aromatic rings. The first-order valence-corrected chi connectivity index (χ1v) is 13.7. The van der Waals surface area contributed by atoms with Gasteiger partial charge in [-0.3, -0.25) is 0 Å². The maximum atomic E-state index is 12.4. The van der Waals surface area contributed by atoms with Crippen LogP contribution in [0.4, 0.5) is 16.6 Å². The van der Waals surface area contributed by atoms with Gasteiger partial charge in [0.15, 0.2) is 5.65 Å². The summed E-state index contributed by atoms with van der Waals surface area (Å²) in [4.78, 5) is 35.7. The number of methoxy groups -OCH3 is 1. The van der Waals surface area contributed by atoms with Gasteiger partial charge in [0.25, 0.3) is 0 Å². The Balaban J connectivity index is 1.37. The lowest BCUT2D eigenvalue weighted by molar-refractivity contribution is 0.0973. The van der Waals surface area contributed by atoms with Crippen molar-refractivity contribution < 1.29 is 23.7 Å². The number of rotatable bonds is 6. The fraction of sp³-hybridized carbons (Fsp3) is 0.414. The van der Waals surface area contributed by atoms with Crippen LogP contribution in [-0.2, 0) is 20.8 Å². The standard InChI is InChI=1S/C29H33N7O5/c1-19-15-39-12-10-35(19)27-23-5-6-24(31-26(23)32-28(33-27)36-11-13-40-16-20(36)2)21-4-7-25(38-3)22(14-21)17-41-29(37)34-9-8-30-18-34/h4-9,14,18-20H,10-13,15-17H2,1-3H3/t19-,20-/m0/s1. The molecule has 0 radical (unpaired) electrons. The molecule has 12 nitrogen and oxygen atoms in total. The molecular formula is C29H33N7O5. The maximum Gasteiger partial charge on any atom is 0.419 e. The van der Waals surface area contributed by atoms with Gasteiger partial charge in [0.2, 0.25) is 5.95 Å². The summed E-state index contributed by atoms with van der Waals surface area (Å²) in [5, 5.41) is 0.884. The van der Waals surface area contributed by atoms with E-state index in [0.717, 1.165) is 29.0 Å². The van der Waals surface area contributed by atoms with Gasteiger partial charge in [-0.15, -0.1) is 0 Å². The maximum absolute atomic E-state index is 12.4. The Morgan fingerprint density at radius 1 is 1.00 bits per heavy atom. The highest BCUT2D eigenvalue weighted by molar-refractivity contribution is 5.90. The molecule has 0 bridgehead atoms. The molecule has 1 aromatic carbocycles. The van der Waals surface area contributed by atoms with Gasteiger partial charge in [0, 0.05) is 36.6 Å². The number of morpholine rings is 2. The molecule has 214 valence electrons. The van der Waals surface area contributed by atoms with Gasteiger partial charge >= 0.3 is 6.09 Å². The molecule has 6 rings (SSSR count). The molecule has 2 aliphatic rings. The number of ether oxygens (including phenoxy) is 4. The topological polar surface area (TPSA) is 117 Å². The summed E-state index contributed by atoms with van der Waals surface area (Å²) < 4.78 is 23.7. The van der Waals surface area contributed by atoms with Gasteiger partial charge in [-0.25, -0.2) is 19.3 Å². The SMILES string of the molecule is COc1ccc(-c2ccc3c(N4CCOC[C@@H]4C)nc(N4CCOC[C@@H]4C)nc3n2)cc1COC(=O)n1ccnc1. The van der Waals surface area contributed by atoms with E-state index < -0.39 is 6.09 Å². The van der Waals surface area contributed by atoms with E-state index in [1.807, 2.05) is 30.3 Å². The number of carbonyl (C=O) groups is 1. The van der Waals surface area contributed by atoms with Crippen molar-refractivity contribution in [3.05, 3.63) is 54.6 Å². The molecule has 5 heterocycles. The third-order valence-corrected chi connectivity index (χ3v) is 7.43. The summed E-state index contributed by atoms with van der Waals surface area (Å²) in [5.74, 6) is 2.12. The number of aromatic nitrogens is 5. The zero-order valence-corrected chi connectivity index (χ0v) is 23.4. The van der Waals surface area contributed by atoms with Gasteiger partial charge in [-0.05, 0) is 44.2 Å². The zero-order chi connectivity index (χ0) is 28.3. The molecule has 2 atom stereocenters. The molecule has 2 fully saturated rings. The quantitative estimate of drug-likeness (QED) is 0.345. The van der Waals surface area contributed by atoms with E-state index >= 15 is 0 Å². The summed E-state index contributed by atoms with van der Waals surface area (Å²) >= 11 is 0. The van der Waals surface area contributed by atoms with Crippen LogP contribution in [-0.4, -0.2) is 89.3 Å². The molecule has 0 amide bonds. The van der Waals surface area contributed by atoms with Crippen molar-refractivity contribution in [1.29, 1.82) is 0 Å². The lowest BCUT2D eigenvalue weighted by Crippen LogP contribution is -2.46. The summed E-state index contributed by atoms with van der Waals surface area (Å²) in [6.07, 6.45) is 3.93. The molecule has 0 saturated carbocycles. The number of carbonyl (C=O) groups excluding carboxylic acids is 1. The van der Waals surface area contributed by atoms with Crippen LogP contribution in [0.25, 0.3) is 22.3 Å². The Morgan fingerprint density at radius 2 is 1.78 bits per heavy atom. The average molecular weight is 560 g/mol. The van der Waals surface area contributed by atoms with Crippen LogP contribution < -0.4 is 14.5 Å². The third-order valence-electron chi connectivity index (χ3n) is 7.43. The number of imidazole rings is 1. The first-order valence-electron chi connectivity index (χ1n) is 13.7. The number of hydrogen-bond donors (Lipinski definition) is 0. The predicted molar refractivity (Wildman–Crippen MR) is 152 cm³/mol. The Morgan fingerprint density at radius 3 is 2.49 bits per heavy atom. The van der Waals surface area contributed by atoms with Gasteiger partial charge < -0.3 is 28.7 Å². The van der Waals surface area contributed by atoms with Crippen LogP contribution in [0.15, 0.2) is 49.1 Å². The molecule has 12 heteroatoms. The van der Waals surface area contributed by atoms with Crippen molar-refractivity contribution in [2.75, 3.05) is 56.4 Å². The second-order valence-corrected chi connectivity index (χ2v) is 10.2. The largest absolute Gasteiger partial charge is 0.496 e. The lowest BCUT2D eigenvalue weighted by atomic mass is 10.1. The van der Waals surface area contributed by atoms with E-state index in [0.29, 0.717) is 55.9 Å². The minimum absolute atomic E-state index is 0.0297. The zero-order valence-electron chi connectivity index (χ0n) is 23.4. The predicted octanol–water partition coefficient (Wildman–Crippen LogP) is 3.53. The summed E-state index contributed by atoms with van der Waals surface area (Å²) in [5.41, 5.74) is 2.92. The van der Waals surface area contributed by atoms with Crippen LogP contribution in [0.3, 0.4) is 0 Å². The second kappa shape index (κ2) is 11.7. The highest BCUT2D eigenvalue weighted by Gasteiger charge is 2.27. The molecule has 0 N–H and O–H groups in total. The van der Waals surface area contributed by atoms with Gasteiger partial charge in [0.05, 0.1) is 56.7 Å². The Labute approximate surface area is 237 Å². The second-order valence-electron chi connectivity index (χ2n) is 10.2. The first-order chi connectivity index (χ1) is 20.0. The number of fused-ring (bicyclic) bond motifs is 1. The smallest absolute Gasteiger partial charge is 0.419 e. The molecule has 0 aliphatic carbocycles. The fourth-order valence-electron chi connectivity index (χ4n) is 5.19. The summed E-state index contributed by atoms with van der Waals surface area (Å²) in [6, 6.07) is 10.0. The number of pyridine rings is 1. The van der Waals surface area contributed by atoms with Crippen LogP contribution in [0, 0.1) is 0 Å². The number of hydrogen-bond acceptors (Lipinski definition) is 11. The van der Waals surface area contributed by atoms with Crippen molar-refractivity contribution in [2.45, 2.75) is 32.5 Å². The molecule has 2 aliphatic heterocycles. The fourth-order valence-corrected chi connectivity index (χ4v) is 5.19. The van der Waals surface area contributed by atoms with Gasteiger partial charge in [-0.1, -0.05) is 0 Å².